The number of hydrogen-bond donors (Lipinski definition) is 2. The van der Waals surface area contributed by atoms with Crippen LogP contribution >= 0.6 is 0 Å². The van der Waals surface area contributed by atoms with E-state index in [0.717, 1.165) is 0 Å². The van der Waals surface area contributed by atoms with E-state index in [4.69, 9.17) is 4.42 Å². The van der Waals surface area contributed by atoms with Crippen LogP contribution in [0.3, 0.4) is 0 Å². The Labute approximate surface area is 147 Å². The molecule has 0 aliphatic rings. The summed E-state index contributed by atoms with van der Waals surface area (Å²) in [6, 6.07) is 15.2. The van der Waals surface area contributed by atoms with Crippen molar-refractivity contribution in [3.8, 4) is 0 Å². The second-order valence-electron chi connectivity index (χ2n) is 5.42. The molecule has 0 atom stereocenters. The first kappa shape index (κ1) is 15.6. The van der Waals surface area contributed by atoms with Crippen LogP contribution in [0.25, 0.3) is 5.65 Å². The minimum Gasteiger partial charge on any atom is -0.459 e. The molecule has 8 heteroatoms. The van der Waals surface area contributed by atoms with E-state index in [9.17, 15) is 9.59 Å². The Kier molecular flexibility index (Phi) is 3.91. The van der Waals surface area contributed by atoms with E-state index < -0.39 is 5.91 Å². The molecule has 0 aliphatic heterocycles. The molecular weight excluding hydrogens is 334 g/mol. The number of amides is 2. The average molecular weight is 347 g/mol. The molecule has 2 N–H and O–H groups in total. The molecule has 8 nitrogen and oxygen atoms in total. The van der Waals surface area contributed by atoms with Crippen molar-refractivity contribution in [2.45, 2.75) is 0 Å². The number of carbonyl (C=O) groups excluding carboxylic acids is 2. The fourth-order valence-electron chi connectivity index (χ4n) is 2.44. The minimum atomic E-state index is -0.393. The first-order valence-corrected chi connectivity index (χ1v) is 7.77. The van der Waals surface area contributed by atoms with E-state index in [1.807, 2.05) is 12.1 Å². The maximum Gasteiger partial charge on any atom is 0.291 e. The normalized spacial score (nSPS) is 10.6. The molecule has 1 aromatic carbocycles. The lowest BCUT2D eigenvalue weighted by molar-refractivity contribution is 0.0993. The number of hydrogen-bond acceptors (Lipinski definition) is 5. The molecule has 0 saturated heterocycles. The molecule has 3 aromatic heterocycles. The molecule has 3 heterocycles. The Hall–Kier alpha value is -3.94. The van der Waals surface area contributed by atoms with Crippen molar-refractivity contribution < 1.29 is 14.0 Å². The highest BCUT2D eigenvalue weighted by molar-refractivity contribution is 6.06. The van der Waals surface area contributed by atoms with Crippen molar-refractivity contribution in [3.05, 3.63) is 78.4 Å². The van der Waals surface area contributed by atoms with Gasteiger partial charge in [0.05, 0.1) is 6.26 Å². The Bertz CT molecular complexity index is 1090. The van der Waals surface area contributed by atoms with Crippen molar-refractivity contribution >= 4 is 29.1 Å². The van der Waals surface area contributed by atoms with Crippen LogP contribution in [0.15, 0.2) is 71.5 Å². The zero-order chi connectivity index (χ0) is 17.9. The number of fused-ring (bicyclic) bond motifs is 1. The van der Waals surface area contributed by atoms with Gasteiger partial charge in [-0.2, -0.15) is 0 Å². The number of anilines is 2. The molecule has 2 amide bonds. The number of pyridine rings is 1. The van der Waals surface area contributed by atoms with Crippen molar-refractivity contribution in [2.75, 3.05) is 10.6 Å². The third kappa shape index (κ3) is 3.03. The lowest BCUT2D eigenvalue weighted by atomic mass is 10.2. The summed E-state index contributed by atoms with van der Waals surface area (Å²) in [4.78, 5) is 24.5. The van der Waals surface area contributed by atoms with Gasteiger partial charge < -0.3 is 9.73 Å². The van der Waals surface area contributed by atoms with Crippen LogP contribution in [0.5, 0.6) is 0 Å². The number of rotatable bonds is 4. The third-order valence-electron chi connectivity index (χ3n) is 3.67. The van der Waals surface area contributed by atoms with Crippen LogP contribution in [0.2, 0.25) is 0 Å². The highest BCUT2D eigenvalue weighted by Crippen LogP contribution is 2.15. The zero-order valence-corrected chi connectivity index (χ0v) is 13.4. The summed E-state index contributed by atoms with van der Waals surface area (Å²) in [5, 5.41) is 13.3. The van der Waals surface area contributed by atoms with Crippen LogP contribution < -0.4 is 10.6 Å². The molecule has 0 saturated carbocycles. The smallest absolute Gasteiger partial charge is 0.291 e. The fraction of sp³-hybridized carbons (Fsp3) is 0. The second kappa shape index (κ2) is 6.52. The summed E-state index contributed by atoms with van der Waals surface area (Å²) < 4.78 is 6.71. The van der Waals surface area contributed by atoms with Crippen LogP contribution in [0.1, 0.15) is 20.9 Å². The molecule has 0 aliphatic carbocycles. The van der Waals surface area contributed by atoms with Gasteiger partial charge in [0.1, 0.15) is 0 Å². The van der Waals surface area contributed by atoms with Crippen molar-refractivity contribution in [1.82, 2.24) is 14.6 Å². The SMILES string of the molecule is O=C(Nc1nnc2ccccn12)c1cccc(NC(=O)c2ccco2)c1. The molecule has 0 radical (unpaired) electrons. The lowest BCUT2D eigenvalue weighted by Gasteiger charge is -2.07. The molecule has 4 aromatic rings. The topological polar surface area (TPSA) is 102 Å². The number of nitrogens with zero attached hydrogens (tertiary/aromatic N) is 3. The van der Waals surface area contributed by atoms with Crippen LogP contribution in [0, 0.1) is 0 Å². The Balaban J connectivity index is 1.52. The molecule has 0 bridgehead atoms. The number of benzene rings is 1. The molecule has 0 unspecified atom stereocenters. The average Bonchev–Trinajstić information content (AvgIpc) is 3.32. The first-order chi connectivity index (χ1) is 12.7. The van der Waals surface area contributed by atoms with E-state index in [2.05, 4.69) is 20.8 Å². The zero-order valence-electron chi connectivity index (χ0n) is 13.4. The van der Waals surface area contributed by atoms with Crippen LogP contribution in [-0.4, -0.2) is 26.4 Å². The summed E-state index contributed by atoms with van der Waals surface area (Å²) in [6.45, 7) is 0. The van der Waals surface area contributed by atoms with E-state index in [0.29, 0.717) is 22.8 Å². The Morgan fingerprint density at radius 3 is 2.69 bits per heavy atom. The van der Waals surface area contributed by atoms with E-state index in [-0.39, 0.29) is 11.7 Å². The largest absolute Gasteiger partial charge is 0.459 e. The molecule has 4 rings (SSSR count). The standard InChI is InChI=1S/C18H13N5O3/c24-16(20-18-22-21-15-8-1-2-9-23(15)18)12-5-3-6-13(11-12)19-17(25)14-7-4-10-26-14/h1-11H,(H,19,25)(H,20,22,24). The maximum absolute atomic E-state index is 12.5. The van der Waals surface area contributed by atoms with Gasteiger partial charge in [0.2, 0.25) is 5.95 Å². The first-order valence-electron chi connectivity index (χ1n) is 7.77. The summed E-state index contributed by atoms with van der Waals surface area (Å²) in [6.07, 6.45) is 3.17. The summed E-state index contributed by atoms with van der Waals surface area (Å²) in [7, 11) is 0. The predicted molar refractivity (Wildman–Crippen MR) is 94.0 cm³/mol. The van der Waals surface area contributed by atoms with Gasteiger partial charge in [-0.05, 0) is 42.5 Å². The number of carbonyl (C=O) groups is 2. The van der Waals surface area contributed by atoms with Crippen molar-refractivity contribution in [3.63, 3.8) is 0 Å². The van der Waals surface area contributed by atoms with E-state index >= 15 is 0 Å². The number of furan rings is 1. The predicted octanol–water partition coefficient (Wildman–Crippen LogP) is 2.83. The molecular formula is C18H13N5O3. The fourth-order valence-corrected chi connectivity index (χ4v) is 2.44. The molecule has 0 spiro atoms. The van der Waals surface area contributed by atoms with Gasteiger partial charge in [-0.25, -0.2) is 0 Å². The third-order valence-corrected chi connectivity index (χ3v) is 3.67. The number of aromatic nitrogens is 3. The maximum atomic E-state index is 12.5. The van der Waals surface area contributed by atoms with Crippen LogP contribution in [-0.2, 0) is 0 Å². The monoisotopic (exact) mass is 347 g/mol. The van der Waals surface area contributed by atoms with Gasteiger partial charge in [0.25, 0.3) is 11.8 Å². The van der Waals surface area contributed by atoms with Gasteiger partial charge in [-0.15, -0.1) is 10.2 Å². The molecule has 0 fully saturated rings. The Morgan fingerprint density at radius 1 is 0.923 bits per heavy atom. The lowest BCUT2D eigenvalue weighted by Crippen LogP contribution is -2.15. The minimum absolute atomic E-state index is 0.190. The highest BCUT2D eigenvalue weighted by Gasteiger charge is 2.13. The van der Waals surface area contributed by atoms with Gasteiger partial charge >= 0.3 is 0 Å². The van der Waals surface area contributed by atoms with Gasteiger partial charge in [0.15, 0.2) is 11.4 Å². The van der Waals surface area contributed by atoms with Gasteiger partial charge in [0, 0.05) is 17.4 Å². The van der Waals surface area contributed by atoms with E-state index in [1.165, 1.54) is 6.26 Å². The van der Waals surface area contributed by atoms with Gasteiger partial charge in [-0.1, -0.05) is 12.1 Å². The summed E-state index contributed by atoms with van der Waals surface area (Å²) in [5.74, 6) is -0.251. The van der Waals surface area contributed by atoms with Crippen LogP contribution in [0.4, 0.5) is 11.6 Å². The summed E-state index contributed by atoms with van der Waals surface area (Å²) >= 11 is 0. The van der Waals surface area contributed by atoms with Crippen molar-refractivity contribution in [2.24, 2.45) is 0 Å². The quantitative estimate of drug-likeness (QED) is 0.591. The number of nitrogens with one attached hydrogen (secondary N) is 2. The van der Waals surface area contributed by atoms with Gasteiger partial charge in [-0.3, -0.25) is 19.3 Å². The molecule has 128 valence electrons. The molecule has 26 heavy (non-hydrogen) atoms. The highest BCUT2D eigenvalue weighted by atomic mass is 16.3. The Morgan fingerprint density at radius 2 is 1.85 bits per heavy atom. The second-order valence-corrected chi connectivity index (χ2v) is 5.42. The van der Waals surface area contributed by atoms with E-state index in [1.54, 1.807) is 53.1 Å². The van der Waals surface area contributed by atoms with Crippen molar-refractivity contribution in [1.29, 1.82) is 0 Å². The summed E-state index contributed by atoms with van der Waals surface area (Å²) in [5.41, 5.74) is 1.47.